The average Bonchev–Trinajstić information content (AvgIpc) is 3.47. The maximum Gasteiger partial charge on any atom is 0.436 e. The summed E-state index contributed by atoms with van der Waals surface area (Å²) in [6.45, 7) is 27.1. The molecule has 2 aromatic carbocycles. The second-order valence-electron chi connectivity index (χ2n) is 18.4. The predicted molar refractivity (Wildman–Crippen MR) is 207 cm³/mol. The second kappa shape index (κ2) is 17.5. The summed E-state index contributed by atoms with van der Waals surface area (Å²) in [4.78, 5) is 0. The number of phenolic OH excluding ortho intramolecular Hbond substituents is 2. The summed E-state index contributed by atoms with van der Waals surface area (Å²) in [5.74, 6) is 0.834. The number of halogens is 9. The Morgan fingerprint density at radius 2 is 0.881 bits per heavy atom. The molecule has 0 amide bonds. The first-order chi connectivity index (χ1) is 26.7. The maximum absolute atomic E-state index is 12.0. The van der Waals surface area contributed by atoms with Crippen LogP contribution in [0.5, 0.6) is 11.5 Å². The zero-order chi connectivity index (χ0) is 45.5. The quantitative estimate of drug-likeness (QED) is 0.221. The summed E-state index contributed by atoms with van der Waals surface area (Å²) in [7, 11) is 0. The number of phenols is 2. The van der Waals surface area contributed by atoms with Crippen molar-refractivity contribution in [2.45, 2.75) is 192 Å². The van der Waals surface area contributed by atoms with Gasteiger partial charge in [0.1, 0.15) is 0 Å². The van der Waals surface area contributed by atoms with Crippen LogP contribution in [-0.2, 0) is 36.8 Å². The Kier molecular flexibility index (Phi) is 15.0. The third-order valence-electron chi connectivity index (χ3n) is 13.0. The first-order valence-electron chi connectivity index (χ1n) is 20.2. The van der Waals surface area contributed by atoms with E-state index in [1.54, 1.807) is 0 Å². The number of aromatic hydroxyl groups is 2. The van der Waals surface area contributed by atoms with E-state index >= 15 is 0 Å². The minimum Gasteiger partial charge on any atom is -0.795 e. The van der Waals surface area contributed by atoms with Gasteiger partial charge in [0.05, 0.1) is 0 Å². The largest absolute Gasteiger partial charge is 0.795 e. The summed E-state index contributed by atoms with van der Waals surface area (Å²) < 4.78 is 108. The summed E-state index contributed by atoms with van der Waals surface area (Å²) in [5, 5.41) is 32.8. The van der Waals surface area contributed by atoms with Crippen molar-refractivity contribution in [1.29, 1.82) is 0 Å². The van der Waals surface area contributed by atoms with Crippen molar-refractivity contribution in [2.24, 2.45) is 0 Å². The van der Waals surface area contributed by atoms with E-state index in [9.17, 15) is 54.8 Å². The molecule has 2 aliphatic rings. The van der Waals surface area contributed by atoms with Gasteiger partial charge in [-0.05, 0) is 0 Å². The van der Waals surface area contributed by atoms with Gasteiger partial charge in [-0.3, -0.25) is 0 Å². The number of nitrogens with zero attached hydrogens (tertiary/aromatic N) is 2. The van der Waals surface area contributed by atoms with Crippen LogP contribution >= 0.6 is 0 Å². The van der Waals surface area contributed by atoms with Gasteiger partial charge < -0.3 is 5.11 Å². The van der Waals surface area contributed by atoms with Crippen molar-refractivity contribution in [2.75, 3.05) is 0 Å². The fourth-order valence-electron chi connectivity index (χ4n) is 6.92. The van der Waals surface area contributed by atoms with E-state index in [-0.39, 0.29) is 21.7 Å². The number of alkyl halides is 9. The van der Waals surface area contributed by atoms with Crippen LogP contribution in [0.4, 0.5) is 39.5 Å². The van der Waals surface area contributed by atoms with Crippen LogP contribution in [0.15, 0.2) is 24.3 Å². The van der Waals surface area contributed by atoms with Crippen molar-refractivity contribution in [3.05, 3.63) is 57.6 Å². The molecule has 1 heterocycles. The molecule has 0 radical (unpaired) electrons. The van der Waals surface area contributed by atoms with Crippen LogP contribution in [-0.4, -0.2) is 66.1 Å². The standard InChI is InChI=1S/C40H62N2O2.C4F9O.Co/c1-13-37(5,6)29-21-27(35(43)31(23-29)39(9,10)15-3)25-41-33-19-17-18-20-34(33)42-26-28-22-30(38(7,8)14-2)24-32(36(28)44)40(11,12)16-4;5-1(2(6,7)8,3(9,10)11)4(12,13)14;/h21-26,33-34,43-44H,13-20H2,1-12H3;;/q;-1;+2. The fraction of sp³-hybridized carbons (Fsp3) is 0.682. The Labute approximate surface area is 350 Å². The zero-order valence-electron chi connectivity index (χ0n) is 36.2. The number of fused-ring (bicyclic) bond motifs is 1. The molecule has 337 valence electrons. The Hall–Kier alpha value is -2.78. The van der Waals surface area contributed by atoms with Gasteiger partial charge in [0, 0.05) is 0 Å². The molecular weight excluding hydrogens is 834 g/mol. The van der Waals surface area contributed by atoms with E-state index < -0.39 is 24.1 Å². The predicted octanol–water partition coefficient (Wildman–Crippen LogP) is 11.4. The molecule has 2 atom stereocenters. The molecule has 5 nitrogen and oxygen atoms in total. The van der Waals surface area contributed by atoms with Crippen LogP contribution in [0.25, 0.3) is 0 Å². The van der Waals surface area contributed by atoms with Crippen LogP contribution < -0.4 is 5.11 Å². The van der Waals surface area contributed by atoms with Gasteiger partial charge >= 0.3 is 300 Å². The van der Waals surface area contributed by atoms with Crippen LogP contribution in [0, 0.1) is 0 Å². The molecule has 2 unspecified atom stereocenters. The SMILES string of the molecule is CCC(C)(C)c1cc(C=[N+]2[Co][N+](=Cc3cc(C(C)(C)CC)cc(C(C)(C)CC)c3O)C3CCCCC32)c(O)c(C(C)(C)CC)c1.[O-]C(F)(F)C(F)(C(F)(F)F)C(F)(F)F. The van der Waals surface area contributed by atoms with Crippen molar-refractivity contribution in [3.8, 4) is 11.5 Å². The number of hydrogen-bond acceptors (Lipinski definition) is 3. The molecule has 2 fully saturated rings. The van der Waals surface area contributed by atoms with Crippen LogP contribution in [0.3, 0.4) is 0 Å². The molecule has 2 N–H and O–H groups in total. The number of hydrogen-bond donors (Lipinski definition) is 2. The van der Waals surface area contributed by atoms with E-state index in [1.165, 1.54) is 24.0 Å². The molecule has 1 aliphatic heterocycles. The molecule has 0 aromatic heterocycles. The van der Waals surface area contributed by atoms with Crippen molar-refractivity contribution >= 4 is 12.4 Å². The van der Waals surface area contributed by atoms with Crippen LogP contribution in [0.2, 0.25) is 0 Å². The molecule has 4 rings (SSSR count). The Bertz CT molecular complexity index is 1730. The topological polar surface area (TPSA) is 69.5 Å². The summed E-state index contributed by atoms with van der Waals surface area (Å²) >= 11 is 1.12. The minimum absolute atomic E-state index is 0.0171. The van der Waals surface area contributed by atoms with Gasteiger partial charge in [0.2, 0.25) is 6.11 Å². The number of benzene rings is 2. The van der Waals surface area contributed by atoms with Gasteiger partial charge in [-0.25, -0.2) is 13.2 Å². The fourth-order valence-corrected chi connectivity index (χ4v) is 8.54. The second-order valence-corrected chi connectivity index (χ2v) is 19.7. The zero-order valence-corrected chi connectivity index (χ0v) is 37.2. The average molecular weight is 897 g/mol. The van der Waals surface area contributed by atoms with E-state index in [4.69, 9.17) is 0 Å². The van der Waals surface area contributed by atoms with Crippen LogP contribution in [0.1, 0.15) is 168 Å². The molecule has 15 heteroatoms. The molecule has 0 bridgehead atoms. The van der Waals surface area contributed by atoms with Crippen molar-refractivity contribution < 1.29 is 77.2 Å². The summed E-state index contributed by atoms with van der Waals surface area (Å²) in [5.41, 5.74) is -0.788. The van der Waals surface area contributed by atoms with E-state index in [0.717, 1.165) is 75.9 Å². The van der Waals surface area contributed by atoms with E-state index in [1.807, 2.05) is 0 Å². The smallest absolute Gasteiger partial charge is 0.436 e. The van der Waals surface area contributed by atoms with Gasteiger partial charge in [-0.2, -0.15) is 26.3 Å². The van der Waals surface area contributed by atoms with Gasteiger partial charge in [-0.15, -0.1) is 0 Å². The van der Waals surface area contributed by atoms with Gasteiger partial charge in [0.15, 0.2) is 0 Å². The molecule has 59 heavy (non-hydrogen) atoms. The minimum atomic E-state index is -7.08. The number of rotatable bonds is 11. The molecule has 2 aromatic rings. The molecule has 1 saturated heterocycles. The first kappa shape index (κ1) is 50.6. The van der Waals surface area contributed by atoms with Crippen molar-refractivity contribution in [1.82, 2.24) is 0 Å². The Morgan fingerprint density at radius 3 is 1.12 bits per heavy atom. The monoisotopic (exact) mass is 896 g/mol. The molecule has 0 spiro atoms. The third-order valence-corrected chi connectivity index (χ3v) is 14.4. The first-order valence-corrected chi connectivity index (χ1v) is 21.1. The molecule has 1 saturated carbocycles. The van der Waals surface area contributed by atoms with E-state index in [0.29, 0.717) is 23.6 Å². The van der Waals surface area contributed by atoms with Gasteiger partial charge in [0.25, 0.3) is 0 Å². The Morgan fingerprint density at radius 1 is 0.576 bits per heavy atom. The van der Waals surface area contributed by atoms with E-state index in [2.05, 4.69) is 127 Å². The Balaban J connectivity index is 0.000000567. The molecular formula is C44H62CoF9N2O3+. The molecule has 1 aliphatic carbocycles. The van der Waals surface area contributed by atoms with Crippen molar-refractivity contribution in [3.63, 3.8) is 0 Å². The summed E-state index contributed by atoms with van der Waals surface area (Å²) in [6, 6.07) is 9.71. The third kappa shape index (κ3) is 10.3. The van der Waals surface area contributed by atoms with Gasteiger partial charge in [-0.1, -0.05) is 0 Å². The maximum atomic E-state index is 12.0. The normalized spacial score (nSPS) is 20.3. The summed E-state index contributed by atoms with van der Waals surface area (Å²) in [6.07, 6.45) is -7.75.